The molecule has 2 unspecified atom stereocenters. The highest BCUT2D eigenvalue weighted by Gasteiger charge is 2.38. The fourth-order valence-corrected chi connectivity index (χ4v) is 8.68. The van der Waals surface area contributed by atoms with Gasteiger partial charge >= 0.3 is 15.9 Å². The van der Waals surface area contributed by atoms with E-state index in [1.54, 1.807) is 9.29 Å². The average Bonchev–Trinajstić information content (AvgIpc) is 3.53. The molecule has 4 heterocycles. The fraction of sp³-hybridized carbons (Fsp3) is 0.382. The smallest absolute Gasteiger partial charge is 0.329 e. The minimum Gasteiger partial charge on any atom is -0.506 e. The summed E-state index contributed by atoms with van der Waals surface area (Å²) in [7, 11) is -4.37. The topological polar surface area (TPSA) is 212 Å². The van der Waals surface area contributed by atoms with Crippen LogP contribution >= 0.6 is 0 Å². The Morgan fingerprint density at radius 3 is 2.42 bits per heavy atom. The van der Waals surface area contributed by atoms with Crippen LogP contribution in [-0.2, 0) is 35.9 Å². The van der Waals surface area contributed by atoms with Crippen molar-refractivity contribution in [3.8, 4) is 5.75 Å². The zero-order chi connectivity index (χ0) is 37.1. The number of hydrogen-bond acceptors (Lipinski definition) is 10. The van der Waals surface area contributed by atoms with Crippen LogP contribution in [0.15, 0.2) is 47.3 Å². The normalized spacial score (nSPS) is 20.3. The molecule has 0 radical (unpaired) electrons. The second-order valence-electron chi connectivity index (χ2n) is 13.1. The number of carbonyl (C=O) groups excluding carboxylic acids is 4. The maximum absolute atomic E-state index is 15.5. The molecule has 4 amide bonds. The molecule has 7 rings (SSSR count). The molecule has 3 saturated heterocycles. The SMILES string of the molecule is CCn1c(=O)n(C2CCC(=O)NC2=O)c2ccc(C3CCN(C(CO)C(=O)Nc4ccc5c(F)c(N6CC(=O)NS6(=O)=O)c(O)cc5c4)CC3)cc21. The molecule has 3 fully saturated rings. The largest absolute Gasteiger partial charge is 0.506 e. The molecular weight excluding hydrogens is 701 g/mol. The number of nitrogens with one attached hydrogen (secondary N) is 3. The van der Waals surface area contributed by atoms with Gasteiger partial charge in [0.25, 0.3) is 5.91 Å². The van der Waals surface area contributed by atoms with E-state index in [1.165, 1.54) is 22.8 Å². The zero-order valence-electron chi connectivity index (χ0n) is 28.0. The first kappa shape index (κ1) is 35.1. The zero-order valence-corrected chi connectivity index (χ0v) is 28.8. The van der Waals surface area contributed by atoms with Crippen molar-refractivity contribution in [2.24, 2.45) is 0 Å². The lowest BCUT2D eigenvalue weighted by molar-refractivity contribution is -0.135. The predicted molar refractivity (Wildman–Crippen MR) is 186 cm³/mol. The van der Waals surface area contributed by atoms with Crippen LogP contribution in [-0.4, -0.2) is 88.6 Å². The van der Waals surface area contributed by atoms with Crippen molar-refractivity contribution in [1.82, 2.24) is 24.1 Å². The second kappa shape index (κ2) is 13.3. The standard InChI is InChI=1S/C34H36FN7O9S/c1-2-40-25-14-19(3-6-23(25)42(34(40)49)24-7-8-28(45)37-32(24)47)18-9-11-39(12-10-18)26(17-43)33(48)36-21-4-5-22-20(13-21)15-27(44)31(30(22)35)41-16-29(46)38-52(41,50)51/h3-6,13-15,18,24,26,43-44H,2,7-12,16-17H2,1H3,(H,36,48)(H,38,46)(H,37,45,47). The van der Waals surface area contributed by atoms with Crippen LogP contribution in [0.5, 0.6) is 5.75 Å². The Morgan fingerprint density at radius 2 is 1.77 bits per heavy atom. The summed E-state index contributed by atoms with van der Waals surface area (Å²) < 4.78 is 45.3. The number of aryl methyl sites for hydroxylation is 1. The fourth-order valence-electron chi connectivity index (χ4n) is 7.52. The Bertz CT molecular complexity index is 2330. The molecule has 0 saturated carbocycles. The molecule has 4 aromatic rings. The molecule has 3 aromatic carbocycles. The second-order valence-corrected chi connectivity index (χ2v) is 14.7. The molecule has 3 aliphatic heterocycles. The molecule has 52 heavy (non-hydrogen) atoms. The van der Waals surface area contributed by atoms with Gasteiger partial charge in [-0.1, -0.05) is 6.07 Å². The third kappa shape index (κ3) is 6.05. The summed E-state index contributed by atoms with van der Waals surface area (Å²) in [6, 6.07) is 9.32. The molecule has 0 spiro atoms. The van der Waals surface area contributed by atoms with Gasteiger partial charge in [0.1, 0.15) is 30.1 Å². The molecule has 274 valence electrons. The van der Waals surface area contributed by atoms with Crippen LogP contribution < -0.4 is 25.4 Å². The van der Waals surface area contributed by atoms with E-state index >= 15 is 4.39 Å². The molecule has 1 aromatic heterocycles. The minimum absolute atomic E-state index is 0.0530. The van der Waals surface area contributed by atoms with Crippen molar-refractivity contribution >= 4 is 67.0 Å². The van der Waals surface area contributed by atoms with Crippen LogP contribution in [0.4, 0.5) is 15.8 Å². The first-order valence-electron chi connectivity index (χ1n) is 16.8. The van der Waals surface area contributed by atoms with Gasteiger partial charge in [0.15, 0.2) is 5.82 Å². The van der Waals surface area contributed by atoms with Gasteiger partial charge in [-0.05, 0) is 92.5 Å². The molecule has 0 bridgehead atoms. The summed E-state index contributed by atoms with van der Waals surface area (Å²) in [6.45, 7) is 2.04. The van der Waals surface area contributed by atoms with Gasteiger partial charge in [-0.3, -0.25) is 38.5 Å². The number of phenolic OH excluding ortho intramolecular Hbond substituents is 1. The molecule has 16 nitrogen and oxygen atoms in total. The average molecular weight is 738 g/mol. The van der Waals surface area contributed by atoms with Crippen LogP contribution in [0.1, 0.15) is 50.1 Å². The van der Waals surface area contributed by atoms with E-state index < -0.39 is 70.4 Å². The van der Waals surface area contributed by atoms with Gasteiger partial charge in [-0.15, -0.1) is 0 Å². The van der Waals surface area contributed by atoms with E-state index in [-0.39, 0.29) is 46.8 Å². The first-order chi connectivity index (χ1) is 24.8. The number of hydrogen-bond donors (Lipinski definition) is 5. The summed E-state index contributed by atoms with van der Waals surface area (Å²) in [5.74, 6) is -3.91. The number of amides is 4. The van der Waals surface area contributed by atoms with Gasteiger partial charge in [-0.2, -0.15) is 8.42 Å². The van der Waals surface area contributed by atoms with Crippen molar-refractivity contribution in [3.05, 3.63) is 64.3 Å². The van der Waals surface area contributed by atoms with Crippen molar-refractivity contribution in [1.29, 1.82) is 0 Å². The van der Waals surface area contributed by atoms with E-state index in [4.69, 9.17) is 0 Å². The van der Waals surface area contributed by atoms with Gasteiger partial charge < -0.3 is 15.5 Å². The number of aromatic hydroxyl groups is 1. The number of imide groups is 1. The molecule has 18 heteroatoms. The number of aliphatic hydroxyl groups is 1. The van der Waals surface area contributed by atoms with Gasteiger partial charge in [0.05, 0.1) is 17.6 Å². The van der Waals surface area contributed by atoms with Gasteiger partial charge in [0, 0.05) is 24.0 Å². The Kier molecular flexibility index (Phi) is 9.00. The highest BCUT2D eigenvalue weighted by Crippen LogP contribution is 2.39. The number of piperidine rings is 2. The lowest BCUT2D eigenvalue weighted by Crippen LogP contribution is -2.49. The maximum Gasteiger partial charge on any atom is 0.329 e. The molecule has 3 aliphatic rings. The Balaban J connectivity index is 1.04. The lowest BCUT2D eigenvalue weighted by atomic mass is 9.88. The summed E-state index contributed by atoms with van der Waals surface area (Å²) >= 11 is 0. The summed E-state index contributed by atoms with van der Waals surface area (Å²) in [4.78, 5) is 64.7. The number of likely N-dealkylation sites (tertiary alicyclic amines) is 1. The van der Waals surface area contributed by atoms with E-state index in [0.29, 0.717) is 47.8 Å². The van der Waals surface area contributed by atoms with Crippen molar-refractivity contribution in [2.45, 2.75) is 57.2 Å². The number of aromatic nitrogens is 2. The Hall–Kier alpha value is -5.33. The summed E-state index contributed by atoms with van der Waals surface area (Å²) in [5, 5.41) is 26.0. The van der Waals surface area contributed by atoms with E-state index in [9.17, 15) is 42.6 Å². The van der Waals surface area contributed by atoms with Crippen LogP contribution in [0, 0.1) is 5.82 Å². The van der Waals surface area contributed by atoms with Crippen LogP contribution in [0.3, 0.4) is 0 Å². The molecule has 2 atom stereocenters. The number of anilines is 2. The quantitative estimate of drug-likeness (QED) is 0.163. The summed E-state index contributed by atoms with van der Waals surface area (Å²) in [5.41, 5.74) is 1.57. The third-order valence-electron chi connectivity index (χ3n) is 10.1. The molecule has 5 N–H and O–H groups in total. The number of fused-ring (bicyclic) bond motifs is 2. The molecular formula is C34H36FN7O9S. The van der Waals surface area contributed by atoms with Gasteiger partial charge in [0.2, 0.25) is 17.7 Å². The first-order valence-corrected chi connectivity index (χ1v) is 18.3. The monoisotopic (exact) mass is 737 g/mol. The van der Waals surface area contributed by atoms with Gasteiger partial charge in [-0.25, -0.2) is 18.2 Å². The number of halogens is 1. The number of rotatable bonds is 8. The number of aliphatic hydroxyl groups excluding tert-OH is 1. The number of benzene rings is 3. The third-order valence-corrected chi connectivity index (χ3v) is 11.5. The van der Waals surface area contributed by atoms with E-state index in [2.05, 4.69) is 10.6 Å². The Morgan fingerprint density at radius 1 is 1.02 bits per heavy atom. The molecule has 0 aliphatic carbocycles. The maximum atomic E-state index is 15.5. The minimum atomic E-state index is -4.37. The summed E-state index contributed by atoms with van der Waals surface area (Å²) in [6.07, 6.45) is 1.71. The van der Waals surface area contributed by atoms with Crippen molar-refractivity contribution in [2.75, 3.05) is 35.9 Å². The highest BCUT2D eigenvalue weighted by molar-refractivity contribution is 7.92. The number of carbonyl (C=O) groups is 4. The Labute approximate surface area is 296 Å². The lowest BCUT2D eigenvalue weighted by Gasteiger charge is -2.36. The van der Waals surface area contributed by atoms with Crippen molar-refractivity contribution in [3.63, 3.8) is 0 Å². The van der Waals surface area contributed by atoms with Crippen LogP contribution in [0.25, 0.3) is 21.8 Å². The number of nitrogens with zero attached hydrogens (tertiary/aromatic N) is 4. The van der Waals surface area contributed by atoms with Crippen LogP contribution in [0.2, 0.25) is 0 Å². The number of imidazole rings is 1. The highest BCUT2D eigenvalue weighted by atomic mass is 32.2. The van der Waals surface area contributed by atoms with E-state index in [0.717, 1.165) is 11.6 Å². The predicted octanol–water partition coefficient (Wildman–Crippen LogP) is 1.16. The van der Waals surface area contributed by atoms with E-state index in [1.807, 2.05) is 30.0 Å². The number of phenols is 1. The van der Waals surface area contributed by atoms with Crippen molar-refractivity contribution < 1.29 is 42.2 Å².